The molecule has 14 heavy (non-hydrogen) atoms. The predicted molar refractivity (Wildman–Crippen MR) is 52.6 cm³/mol. The van der Waals surface area contributed by atoms with Gasteiger partial charge in [0.1, 0.15) is 17.4 Å². The van der Waals surface area contributed by atoms with Crippen molar-refractivity contribution in [3.05, 3.63) is 35.6 Å². The van der Waals surface area contributed by atoms with Crippen LogP contribution >= 0.6 is 0 Å². The molecule has 0 spiro atoms. The molecule has 3 heteroatoms. The zero-order valence-electron chi connectivity index (χ0n) is 7.78. The molecular weight excluding hydrogens is 180 g/mol. The number of hydrogen-bond donors (Lipinski definition) is 1. The lowest BCUT2D eigenvalue weighted by Gasteiger charge is -1.96. The molecule has 0 bridgehead atoms. The summed E-state index contributed by atoms with van der Waals surface area (Å²) >= 11 is 0. The van der Waals surface area contributed by atoms with Crippen LogP contribution in [0.15, 0.2) is 28.9 Å². The van der Waals surface area contributed by atoms with Crippen LogP contribution in [0.1, 0.15) is 22.8 Å². The monoisotopic (exact) mass is 190 g/mol. The minimum atomic E-state index is -0.947. The van der Waals surface area contributed by atoms with Crippen molar-refractivity contribution in [2.45, 2.75) is 13.3 Å². The van der Waals surface area contributed by atoms with E-state index in [2.05, 4.69) is 0 Å². The van der Waals surface area contributed by atoms with E-state index in [1.54, 1.807) is 6.07 Å². The average molecular weight is 190 g/mol. The van der Waals surface area contributed by atoms with Gasteiger partial charge in [0.15, 0.2) is 0 Å². The molecule has 2 rings (SSSR count). The van der Waals surface area contributed by atoms with Gasteiger partial charge in [-0.3, -0.25) is 0 Å². The molecule has 72 valence electrons. The van der Waals surface area contributed by atoms with Gasteiger partial charge in [-0.25, -0.2) is 4.79 Å². The maximum absolute atomic E-state index is 10.8. The SMILES string of the molecule is CCc1cccc2c(C(=O)O)coc12. The van der Waals surface area contributed by atoms with E-state index in [-0.39, 0.29) is 5.56 Å². The van der Waals surface area contributed by atoms with Gasteiger partial charge in [0.2, 0.25) is 0 Å². The number of aromatic carboxylic acids is 1. The van der Waals surface area contributed by atoms with Gasteiger partial charge in [0.25, 0.3) is 0 Å². The molecular formula is C11H10O3. The normalized spacial score (nSPS) is 10.6. The van der Waals surface area contributed by atoms with Crippen molar-refractivity contribution < 1.29 is 14.3 Å². The van der Waals surface area contributed by atoms with Crippen molar-refractivity contribution in [3.63, 3.8) is 0 Å². The highest BCUT2D eigenvalue weighted by atomic mass is 16.4. The summed E-state index contributed by atoms with van der Waals surface area (Å²) in [4.78, 5) is 10.8. The topological polar surface area (TPSA) is 50.4 Å². The highest BCUT2D eigenvalue weighted by Gasteiger charge is 2.13. The maximum Gasteiger partial charge on any atom is 0.339 e. The van der Waals surface area contributed by atoms with Crippen LogP contribution in [0.5, 0.6) is 0 Å². The molecule has 1 aromatic carbocycles. The molecule has 0 atom stereocenters. The van der Waals surface area contributed by atoms with E-state index in [0.29, 0.717) is 11.0 Å². The van der Waals surface area contributed by atoms with Gasteiger partial charge in [-0.05, 0) is 12.0 Å². The highest BCUT2D eigenvalue weighted by molar-refractivity contribution is 6.02. The number of para-hydroxylation sites is 1. The zero-order chi connectivity index (χ0) is 10.1. The molecule has 0 unspecified atom stereocenters. The summed E-state index contributed by atoms with van der Waals surface area (Å²) in [6.45, 7) is 2.01. The molecule has 1 aromatic heterocycles. The van der Waals surface area contributed by atoms with Gasteiger partial charge < -0.3 is 9.52 Å². The molecule has 0 fully saturated rings. The first kappa shape index (κ1) is 8.81. The number of carbonyl (C=O) groups is 1. The molecule has 0 aliphatic rings. The summed E-state index contributed by atoms with van der Waals surface area (Å²) in [5.74, 6) is -0.947. The van der Waals surface area contributed by atoms with Gasteiger partial charge in [0, 0.05) is 5.39 Å². The number of fused-ring (bicyclic) bond motifs is 1. The number of rotatable bonds is 2. The van der Waals surface area contributed by atoms with Crippen LogP contribution < -0.4 is 0 Å². The second kappa shape index (κ2) is 3.18. The molecule has 0 saturated heterocycles. The summed E-state index contributed by atoms with van der Waals surface area (Å²) < 4.78 is 5.25. The second-order valence-corrected chi connectivity index (χ2v) is 3.10. The summed E-state index contributed by atoms with van der Waals surface area (Å²) in [5, 5.41) is 9.55. The van der Waals surface area contributed by atoms with Gasteiger partial charge in [-0.15, -0.1) is 0 Å². The molecule has 0 saturated carbocycles. The number of aryl methyl sites for hydroxylation is 1. The first-order valence-electron chi connectivity index (χ1n) is 4.46. The van der Waals surface area contributed by atoms with E-state index in [1.165, 1.54) is 6.26 Å². The number of benzene rings is 1. The Kier molecular flexibility index (Phi) is 2.00. The van der Waals surface area contributed by atoms with Crippen molar-refractivity contribution in [2.75, 3.05) is 0 Å². The second-order valence-electron chi connectivity index (χ2n) is 3.10. The summed E-state index contributed by atoms with van der Waals surface area (Å²) in [5.41, 5.74) is 1.96. The zero-order valence-corrected chi connectivity index (χ0v) is 7.78. The number of hydrogen-bond acceptors (Lipinski definition) is 2. The fourth-order valence-corrected chi connectivity index (χ4v) is 1.56. The van der Waals surface area contributed by atoms with Crippen LogP contribution in [0.4, 0.5) is 0 Å². The third kappa shape index (κ3) is 1.18. The van der Waals surface area contributed by atoms with Crippen LogP contribution in [0.3, 0.4) is 0 Å². The molecule has 0 radical (unpaired) electrons. The van der Waals surface area contributed by atoms with Crippen LogP contribution in [-0.4, -0.2) is 11.1 Å². The molecule has 1 heterocycles. The lowest BCUT2D eigenvalue weighted by Crippen LogP contribution is -1.93. The van der Waals surface area contributed by atoms with Crippen LogP contribution in [0, 0.1) is 0 Å². The number of furan rings is 1. The predicted octanol–water partition coefficient (Wildman–Crippen LogP) is 2.69. The first-order valence-corrected chi connectivity index (χ1v) is 4.46. The Morgan fingerprint density at radius 3 is 2.93 bits per heavy atom. The minimum absolute atomic E-state index is 0.232. The van der Waals surface area contributed by atoms with E-state index < -0.39 is 5.97 Å². The van der Waals surface area contributed by atoms with E-state index in [0.717, 1.165) is 12.0 Å². The van der Waals surface area contributed by atoms with Crippen LogP contribution in [0.25, 0.3) is 11.0 Å². The molecule has 3 nitrogen and oxygen atoms in total. The van der Waals surface area contributed by atoms with Crippen molar-refractivity contribution in [1.29, 1.82) is 0 Å². The fourth-order valence-electron chi connectivity index (χ4n) is 1.56. The van der Waals surface area contributed by atoms with E-state index >= 15 is 0 Å². The summed E-state index contributed by atoms with van der Waals surface area (Å²) in [7, 11) is 0. The Morgan fingerprint density at radius 1 is 1.50 bits per heavy atom. The van der Waals surface area contributed by atoms with Gasteiger partial charge >= 0.3 is 5.97 Å². The molecule has 0 amide bonds. The number of carboxylic acid groups (broad SMARTS) is 1. The summed E-state index contributed by atoms with van der Waals surface area (Å²) in [6.07, 6.45) is 2.13. The lowest BCUT2D eigenvalue weighted by molar-refractivity contribution is 0.0698. The van der Waals surface area contributed by atoms with Gasteiger partial charge in [-0.2, -0.15) is 0 Å². The van der Waals surface area contributed by atoms with Crippen molar-refractivity contribution in [1.82, 2.24) is 0 Å². The fraction of sp³-hybridized carbons (Fsp3) is 0.182. The van der Waals surface area contributed by atoms with Crippen molar-refractivity contribution >= 4 is 16.9 Å². The smallest absolute Gasteiger partial charge is 0.339 e. The van der Waals surface area contributed by atoms with E-state index in [4.69, 9.17) is 9.52 Å². The third-order valence-corrected chi connectivity index (χ3v) is 2.29. The molecule has 2 aromatic rings. The maximum atomic E-state index is 10.8. The quantitative estimate of drug-likeness (QED) is 0.792. The number of carboxylic acids is 1. The highest BCUT2D eigenvalue weighted by Crippen LogP contribution is 2.24. The Labute approximate surface area is 81.0 Å². The Hall–Kier alpha value is -1.77. The Morgan fingerprint density at radius 2 is 2.29 bits per heavy atom. The standard InChI is InChI=1S/C11H10O3/c1-2-7-4-3-5-8-9(11(12)13)6-14-10(7)8/h3-6H,2H2,1H3,(H,12,13). The molecule has 0 aliphatic carbocycles. The van der Waals surface area contributed by atoms with Crippen LogP contribution in [0.2, 0.25) is 0 Å². The van der Waals surface area contributed by atoms with E-state index in [1.807, 2.05) is 19.1 Å². The minimum Gasteiger partial charge on any atom is -0.478 e. The first-order chi connectivity index (χ1) is 6.74. The Bertz CT molecular complexity index is 482. The third-order valence-electron chi connectivity index (χ3n) is 2.29. The van der Waals surface area contributed by atoms with Crippen molar-refractivity contribution in [2.24, 2.45) is 0 Å². The largest absolute Gasteiger partial charge is 0.478 e. The summed E-state index contributed by atoms with van der Waals surface area (Å²) in [6, 6.07) is 5.56. The average Bonchev–Trinajstić information content (AvgIpc) is 2.60. The lowest BCUT2D eigenvalue weighted by atomic mass is 10.1. The van der Waals surface area contributed by atoms with Gasteiger partial charge in [-0.1, -0.05) is 25.1 Å². The molecule has 1 N–H and O–H groups in total. The molecule has 0 aliphatic heterocycles. The van der Waals surface area contributed by atoms with Crippen molar-refractivity contribution in [3.8, 4) is 0 Å². The Balaban J connectivity index is 2.75. The van der Waals surface area contributed by atoms with Gasteiger partial charge in [0.05, 0.1) is 0 Å². The van der Waals surface area contributed by atoms with E-state index in [9.17, 15) is 4.79 Å². The van der Waals surface area contributed by atoms with Crippen LogP contribution in [-0.2, 0) is 6.42 Å².